The van der Waals surface area contributed by atoms with Crippen molar-refractivity contribution >= 4 is 5.91 Å². The fourth-order valence-corrected chi connectivity index (χ4v) is 1.83. The van der Waals surface area contributed by atoms with E-state index in [1.807, 2.05) is 42.0 Å². The molecule has 0 aliphatic heterocycles. The molecule has 1 saturated carbocycles. The lowest BCUT2D eigenvalue weighted by molar-refractivity contribution is -0.131. The van der Waals surface area contributed by atoms with Gasteiger partial charge in [0.05, 0.1) is 0 Å². The first-order valence-corrected chi connectivity index (χ1v) is 5.75. The summed E-state index contributed by atoms with van der Waals surface area (Å²) in [6, 6.07) is 2.54. The Hall–Kier alpha value is -1.29. The average molecular weight is 221 g/mol. The Bertz CT molecular complexity index is 368. The summed E-state index contributed by atoms with van der Waals surface area (Å²) in [5.74, 6) is 0.203. The summed E-state index contributed by atoms with van der Waals surface area (Å²) in [7, 11) is 3.82. The molecular weight excluding hydrogens is 202 g/mol. The van der Waals surface area contributed by atoms with E-state index in [0.29, 0.717) is 12.6 Å². The van der Waals surface area contributed by atoms with Crippen molar-refractivity contribution < 1.29 is 4.79 Å². The van der Waals surface area contributed by atoms with Gasteiger partial charge in [0.25, 0.3) is 0 Å². The molecule has 1 aliphatic carbocycles. The van der Waals surface area contributed by atoms with E-state index >= 15 is 0 Å². The Kier molecular flexibility index (Phi) is 3.29. The molecule has 1 heterocycles. The van der Waals surface area contributed by atoms with Crippen LogP contribution in [-0.2, 0) is 17.9 Å². The maximum atomic E-state index is 11.9. The zero-order valence-corrected chi connectivity index (χ0v) is 9.94. The number of amides is 1. The zero-order chi connectivity index (χ0) is 11.5. The van der Waals surface area contributed by atoms with Crippen LogP contribution in [0.25, 0.3) is 0 Å². The van der Waals surface area contributed by atoms with Crippen LogP contribution in [0.4, 0.5) is 0 Å². The fourth-order valence-electron chi connectivity index (χ4n) is 1.83. The molecule has 0 aromatic carbocycles. The monoisotopic (exact) mass is 221 g/mol. The van der Waals surface area contributed by atoms with Crippen molar-refractivity contribution in [2.75, 3.05) is 14.1 Å². The minimum Gasteiger partial charge on any atom is -0.345 e. The van der Waals surface area contributed by atoms with Crippen molar-refractivity contribution in [3.8, 4) is 0 Å². The second kappa shape index (κ2) is 4.70. The Labute approximate surface area is 96.2 Å². The average Bonchev–Trinajstić information content (AvgIpc) is 3.02. The highest BCUT2D eigenvalue weighted by Crippen LogP contribution is 2.25. The van der Waals surface area contributed by atoms with Gasteiger partial charge < -0.3 is 14.8 Å². The zero-order valence-electron chi connectivity index (χ0n) is 9.94. The lowest BCUT2D eigenvalue weighted by Crippen LogP contribution is -2.31. The first kappa shape index (κ1) is 11.2. The van der Waals surface area contributed by atoms with Gasteiger partial charge in [0.1, 0.15) is 6.54 Å². The Morgan fingerprint density at radius 3 is 3.00 bits per heavy atom. The number of aromatic nitrogens is 1. The van der Waals surface area contributed by atoms with E-state index in [1.54, 1.807) is 0 Å². The van der Waals surface area contributed by atoms with E-state index < -0.39 is 0 Å². The van der Waals surface area contributed by atoms with Gasteiger partial charge in [0.2, 0.25) is 5.91 Å². The molecule has 1 amide bonds. The van der Waals surface area contributed by atoms with Crippen molar-refractivity contribution in [1.29, 1.82) is 0 Å². The van der Waals surface area contributed by atoms with Crippen molar-refractivity contribution in [2.45, 2.75) is 32.0 Å². The van der Waals surface area contributed by atoms with Gasteiger partial charge in [-0.05, 0) is 31.5 Å². The molecule has 1 N–H and O–H groups in total. The predicted molar refractivity (Wildman–Crippen MR) is 63.0 cm³/mol. The molecule has 2 rings (SSSR count). The number of nitrogens with zero attached hydrogens (tertiary/aromatic N) is 2. The van der Waals surface area contributed by atoms with E-state index in [0.717, 1.165) is 6.54 Å². The van der Waals surface area contributed by atoms with Gasteiger partial charge >= 0.3 is 0 Å². The van der Waals surface area contributed by atoms with Gasteiger partial charge in [0.15, 0.2) is 0 Å². The van der Waals surface area contributed by atoms with E-state index in [2.05, 4.69) is 5.32 Å². The summed E-state index contributed by atoms with van der Waals surface area (Å²) in [5, 5.41) is 3.09. The summed E-state index contributed by atoms with van der Waals surface area (Å²) in [6.07, 6.45) is 6.32. The van der Waals surface area contributed by atoms with Crippen molar-refractivity contribution in [2.24, 2.45) is 0 Å². The molecule has 0 atom stereocenters. The molecule has 4 nitrogen and oxygen atoms in total. The second-order valence-electron chi connectivity index (χ2n) is 4.46. The number of hydrogen-bond acceptors (Lipinski definition) is 2. The van der Waals surface area contributed by atoms with Gasteiger partial charge in [0, 0.05) is 32.0 Å². The predicted octanol–water partition coefficient (Wildman–Crippen LogP) is 0.828. The third kappa shape index (κ3) is 2.64. The molecule has 88 valence electrons. The molecule has 4 heteroatoms. The number of hydrogen-bond donors (Lipinski definition) is 1. The van der Waals surface area contributed by atoms with Crippen LogP contribution in [0.1, 0.15) is 18.4 Å². The summed E-state index contributed by atoms with van der Waals surface area (Å²) in [5.41, 5.74) is 1.21. The van der Waals surface area contributed by atoms with Crippen LogP contribution < -0.4 is 5.32 Å². The Balaban J connectivity index is 1.89. The number of carbonyl (C=O) groups excluding carboxylic acids is 1. The van der Waals surface area contributed by atoms with Crippen molar-refractivity contribution in [1.82, 2.24) is 14.8 Å². The highest BCUT2D eigenvalue weighted by atomic mass is 16.2. The topological polar surface area (TPSA) is 37.3 Å². The van der Waals surface area contributed by atoms with E-state index in [1.165, 1.54) is 18.4 Å². The third-order valence-electron chi connectivity index (χ3n) is 3.00. The number of carbonyl (C=O) groups is 1. The smallest absolute Gasteiger partial charge is 0.242 e. The minimum atomic E-state index is 0.203. The van der Waals surface area contributed by atoms with Crippen LogP contribution >= 0.6 is 0 Å². The fraction of sp³-hybridized carbons (Fsp3) is 0.583. The Morgan fingerprint density at radius 2 is 2.38 bits per heavy atom. The molecule has 16 heavy (non-hydrogen) atoms. The van der Waals surface area contributed by atoms with Crippen LogP contribution in [0.5, 0.6) is 0 Å². The highest BCUT2D eigenvalue weighted by molar-refractivity contribution is 5.76. The van der Waals surface area contributed by atoms with E-state index in [4.69, 9.17) is 0 Å². The summed E-state index contributed by atoms with van der Waals surface area (Å²) < 4.78 is 1.95. The minimum absolute atomic E-state index is 0.203. The molecule has 1 fully saturated rings. The molecule has 0 spiro atoms. The summed E-state index contributed by atoms with van der Waals surface area (Å²) in [6.45, 7) is 1.30. The van der Waals surface area contributed by atoms with Crippen molar-refractivity contribution in [3.63, 3.8) is 0 Å². The van der Waals surface area contributed by atoms with Crippen LogP contribution in [0.2, 0.25) is 0 Å². The standard InChI is InChI=1S/C12H19N3O/c1-13-7-10-5-6-15(8-10)9-12(16)14(2)11-3-4-11/h5-6,8,11,13H,3-4,7,9H2,1-2H3. The summed E-state index contributed by atoms with van der Waals surface area (Å²) in [4.78, 5) is 13.7. The second-order valence-corrected chi connectivity index (χ2v) is 4.46. The quantitative estimate of drug-likeness (QED) is 0.799. The largest absolute Gasteiger partial charge is 0.345 e. The molecule has 1 aromatic heterocycles. The third-order valence-corrected chi connectivity index (χ3v) is 3.00. The lowest BCUT2D eigenvalue weighted by Gasteiger charge is -2.16. The van der Waals surface area contributed by atoms with Gasteiger partial charge in [-0.1, -0.05) is 0 Å². The lowest BCUT2D eigenvalue weighted by atomic mass is 10.3. The van der Waals surface area contributed by atoms with Crippen molar-refractivity contribution in [3.05, 3.63) is 24.0 Å². The maximum Gasteiger partial charge on any atom is 0.242 e. The molecular formula is C12H19N3O. The molecule has 0 saturated heterocycles. The first-order chi connectivity index (χ1) is 7.70. The molecule has 0 unspecified atom stereocenters. The molecule has 1 aliphatic rings. The van der Waals surface area contributed by atoms with E-state index in [9.17, 15) is 4.79 Å². The van der Waals surface area contributed by atoms with Crippen LogP contribution in [0, 0.1) is 0 Å². The number of rotatable bonds is 5. The molecule has 1 aromatic rings. The normalized spacial score (nSPS) is 15.1. The molecule has 0 radical (unpaired) electrons. The van der Waals surface area contributed by atoms with Crippen LogP contribution in [0.3, 0.4) is 0 Å². The van der Waals surface area contributed by atoms with Gasteiger partial charge in [-0.15, -0.1) is 0 Å². The molecule has 0 bridgehead atoms. The van der Waals surface area contributed by atoms with Gasteiger partial charge in [-0.3, -0.25) is 4.79 Å². The number of nitrogens with one attached hydrogen (secondary N) is 1. The van der Waals surface area contributed by atoms with Crippen LogP contribution in [-0.4, -0.2) is 35.5 Å². The SMILES string of the molecule is CNCc1ccn(CC(=O)N(C)C2CC2)c1. The number of likely N-dealkylation sites (N-methyl/N-ethyl adjacent to an activating group) is 1. The maximum absolute atomic E-state index is 11.9. The highest BCUT2D eigenvalue weighted by Gasteiger charge is 2.29. The Morgan fingerprint density at radius 1 is 1.62 bits per heavy atom. The van der Waals surface area contributed by atoms with Crippen LogP contribution in [0.15, 0.2) is 18.5 Å². The first-order valence-electron chi connectivity index (χ1n) is 5.75. The van der Waals surface area contributed by atoms with Gasteiger partial charge in [-0.25, -0.2) is 0 Å². The summed E-state index contributed by atoms with van der Waals surface area (Å²) >= 11 is 0. The van der Waals surface area contributed by atoms with Gasteiger partial charge in [-0.2, -0.15) is 0 Å². The van der Waals surface area contributed by atoms with E-state index in [-0.39, 0.29) is 5.91 Å².